The molecule has 0 aromatic rings. The van der Waals surface area contributed by atoms with Crippen LogP contribution in [0.1, 0.15) is 12.8 Å². The zero-order valence-electron chi connectivity index (χ0n) is 5.32. The van der Waals surface area contributed by atoms with Gasteiger partial charge in [0.05, 0.1) is 18.8 Å². The van der Waals surface area contributed by atoms with E-state index in [0.29, 0.717) is 6.42 Å². The van der Waals surface area contributed by atoms with Gasteiger partial charge in [0.2, 0.25) is 0 Å². The highest BCUT2D eigenvalue weighted by molar-refractivity contribution is 4.62. The topological polar surface area (TPSA) is 60.7 Å². The van der Waals surface area contributed by atoms with E-state index in [-0.39, 0.29) is 13.0 Å². The smallest absolute Gasteiger partial charge is 0.0795 e. The van der Waals surface area contributed by atoms with Crippen LogP contribution < -0.4 is 0 Å². The molecule has 3 nitrogen and oxygen atoms in total. The molecule has 0 aliphatic heterocycles. The van der Waals surface area contributed by atoms with Gasteiger partial charge >= 0.3 is 0 Å². The van der Waals surface area contributed by atoms with Gasteiger partial charge in [-0.2, -0.15) is 0 Å². The molecule has 2 unspecified atom stereocenters. The molecular weight excluding hydrogens is 120 g/mol. The lowest BCUT2D eigenvalue weighted by molar-refractivity contribution is 0.0426. The van der Waals surface area contributed by atoms with Crippen LogP contribution in [-0.4, -0.2) is 34.1 Å². The second-order valence-corrected chi connectivity index (χ2v) is 2.01. The van der Waals surface area contributed by atoms with E-state index in [2.05, 4.69) is 6.92 Å². The van der Waals surface area contributed by atoms with E-state index in [1.54, 1.807) is 0 Å². The fourth-order valence-corrected chi connectivity index (χ4v) is 0.506. The monoisotopic (exact) mass is 133 g/mol. The lowest BCUT2D eigenvalue weighted by Gasteiger charge is -2.10. The van der Waals surface area contributed by atoms with Crippen molar-refractivity contribution in [2.75, 3.05) is 6.61 Å². The Morgan fingerprint density at radius 1 is 1.22 bits per heavy atom. The summed E-state index contributed by atoms with van der Waals surface area (Å²) in [4.78, 5) is 0. The van der Waals surface area contributed by atoms with Crippen LogP contribution in [0.3, 0.4) is 0 Å². The van der Waals surface area contributed by atoms with Crippen molar-refractivity contribution in [3.63, 3.8) is 0 Å². The maximum atomic E-state index is 8.83. The number of rotatable bonds is 4. The summed E-state index contributed by atoms with van der Waals surface area (Å²) in [6.07, 6.45) is -0.814. The van der Waals surface area contributed by atoms with Crippen molar-refractivity contribution in [1.29, 1.82) is 0 Å². The molecule has 0 fully saturated rings. The third-order valence-corrected chi connectivity index (χ3v) is 1.09. The summed E-state index contributed by atoms with van der Waals surface area (Å²) < 4.78 is 0. The van der Waals surface area contributed by atoms with Crippen LogP contribution in [0.5, 0.6) is 0 Å². The molecule has 0 spiro atoms. The number of aliphatic hydroxyl groups excluding tert-OH is 3. The molecule has 1 radical (unpaired) electrons. The van der Waals surface area contributed by atoms with Gasteiger partial charge in [-0.15, -0.1) is 0 Å². The third-order valence-electron chi connectivity index (χ3n) is 1.09. The first-order valence-corrected chi connectivity index (χ1v) is 2.97. The van der Waals surface area contributed by atoms with Gasteiger partial charge in [-0.1, -0.05) is 6.92 Å². The fourth-order valence-electron chi connectivity index (χ4n) is 0.506. The van der Waals surface area contributed by atoms with Crippen LogP contribution in [0.15, 0.2) is 0 Å². The molecule has 3 N–H and O–H groups in total. The molecule has 0 bridgehead atoms. The van der Waals surface area contributed by atoms with Crippen LogP contribution in [0.4, 0.5) is 0 Å². The Morgan fingerprint density at radius 2 is 1.78 bits per heavy atom. The zero-order valence-corrected chi connectivity index (χ0v) is 5.32. The molecule has 2 atom stereocenters. The van der Waals surface area contributed by atoms with Crippen molar-refractivity contribution in [2.24, 2.45) is 0 Å². The Bertz CT molecular complexity index is 57.3. The Balaban J connectivity index is 3.22. The van der Waals surface area contributed by atoms with Crippen LogP contribution >= 0.6 is 0 Å². The molecular formula is C6H13O3. The minimum Gasteiger partial charge on any atom is -0.394 e. The van der Waals surface area contributed by atoms with Gasteiger partial charge in [-0.25, -0.2) is 0 Å². The summed E-state index contributed by atoms with van der Waals surface area (Å²) in [6.45, 7) is 3.14. The average Bonchev–Trinajstić information content (AvgIpc) is 1.87. The van der Waals surface area contributed by atoms with E-state index in [0.717, 1.165) is 0 Å². The van der Waals surface area contributed by atoms with Crippen LogP contribution in [0, 0.1) is 6.92 Å². The van der Waals surface area contributed by atoms with Gasteiger partial charge in [0.25, 0.3) is 0 Å². The van der Waals surface area contributed by atoms with E-state index in [4.69, 9.17) is 15.3 Å². The quantitative estimate of drug-likeness (QED) is 0.476. The first-order valence-electron chi connectivity index (χ1n) is 2.97. The fraction of sp³-hybridized carbons (Fsp3) is 0.833. The Hall–Kier alpha value is -0.120. The van der Waals surface area contributed by atoms with Crippen LogP contribution in [-0.2, 0) is 0 Å². The molecule has 0 aromatic carbocycles. The predicted octanol–water partition coefficient (Wildman–Crippen LogP) is -0.685. The Labute approximate surface area is 54.9 Å². The molecule has 0 aromatic heterocycles. The van der Waals surface area contributed by atoms with Crippen molar-refractivity contribution >= 4 is 0 Å². The maximum absolute atomic E-state index is 8.83. The first-order chi connectivity index (χ1) is 4.20. The van der Waals surface area contributed by atoms with Crippen molar-refractivity contribution < 1.29 is 15.3 Å². The van der Waals surface area contributed by atoms with Gasteiger partial charge in [0, 0.05) is 6.42 Å². The van der Waals surface area contributed by atoms with Gasteiger partial charge in [0.1, 0.15) is 0 Å². The number of hydrogen-bond donors (Lipinski definition) is 3. The molecule has 0 aliphatic carbocycles. The highest BCUT2D eigenvalue weighted by Crippen LogP contribution is 1.99. The lowest BCUT2D eigenvalue weighted by Crippen LogP contribution is -2.19. The van der Waals surface area contributed by atoms with Crippen molar-refractivity contribution in [3.05, 3.63) is 6.92 Å². The highest BCUT2D eigenvalue weighted by atomic mass is 16.3. The molecule has 0 saturated carbocycles. The maximum Gasteiger partial charge on any atom is 0.0795 e. The summed E-state index contributed by atoms with van der Waals surface area (Å²) in [5.41, 5.74) is 0. The predicted molar refractivity (Wildman–Crippen MR) is 33.7 cm³/mol. The van der Waals surface area contributed by atoms with Crippen molar-refractivity contribution in [3.8, 4) is 0 Å². The lowest BCUT2D eigenvalue weighted by atomic mass is 10.1. The van der Waals surface area contributed by atoms with Gasteiger partial charge in [-0.05, 0) is 6.42 Å². The standard InChI is InChI=1S/C6H13O3/c1-2-5(8)3-6(9)4-7/h5-9H,1-4H2. The van der Waals surface area contributed by atoms with Crippen LogP contribution in [0.2, 0.25) is 0 Å². The first kappa shape index (κ1) is 8.88. The SMILES string of the molecule is [CH2]CC(O)CC(O)CO. The minimum absolute atomic E-state index is 0.208. The average molecular weight is 133 g/mol. The molecule has 55 valence electrons. The van der Waals surface area contributed by atoms with Crippen molar-refractivity contribution in [2.45, 2.75) is 25.0 Å². The number of aliphatic hydroxyl groups is 3. The van der Waals surface area contributed by atoms with Crippen LogP contribution in [0.25, 0.3) is 0 Å². The normalized spacial score (nSPS) is 17.3. The van der Waals surface area contributed by atoms with E-state index in [1.165, 1.54) is 0 Å². The van der Waals surface area contributed by atoms with E-state index < -0.39 is 12.2 Å². The second-order valence-electron chi connectivity index (χ2n) is 2.01. The van der Waals surface area contributed by atoms with Gasteiger partial charge in [0.15, 0.2) is 0 Å². The Morgan fingerprint density at radius 3 is 2.11 bits per heavy atom. The summed E-state index contributed by atoms with van der Waals surface area (Å²) >= 11 is 0. The molecule has 0 heterocycles. The van der Waals surface area contributed by atoms with Crippen molar-refractivity contribution in [1.82, 2.24) is 0 Å². The molecule has 0 saturated heterocycles. The summed E-state index contributed by atoms with van der Waals surface area (Å²) in [6, 6.07) is 0. The minimum atomic E-state index is -0.804. The molecule has 0 aliphatic rings. The van der Waals surface area contributed by atoms with E-state index in [1.807, 2.05) is 0 Å². The second kappa shape index (κ2) is 4.73. The van der Waals surface area contributed by atoms with Gasteiger partial charge in [-0.3, -0.25) is 0 Å². The summed E-state index contributed by atoms with van der Waals surface area (Å²) in [7, 11) is 0. The Kier molecular flexibility index (Phi) is 4.67. The molecule has 3 heteroatoms. The summed E-state index contributed by atoms with van der Waals surface area (Å²) in [5, 5.41) is 25.8. The largest absolute Gasteiger partial charge is 0.394 e. The molecule has 9 heavy (non-hydrogen) atoms. The summed E-state index contributed by atoms with van der Waals surface area (Å²) in [5.74, 6) is 0. The number of hydrogen-bond acceptors (Lipinski definition) is 3. The van der Waals surface area contributed by atoms with E-state index in [9.17, 15) is 0 Å². The third kappa shape index (κ3) is 4.39. The van der Waals surface area contributed by atoms with E-state index >= 15 is 0 Å². The highest BCUT2D eigenvalue weighted by Gasteiger charge is 2.07. The molecule has 0 amide bonds. The zero-order chi connectivity index (χ0) is 7.28. The molecule has 0 rings (SSSR count). The van der Waals surface area contributed by atoms with Gasteiger partial charge < -0.3 is 15.3 Å².